The number of carbonyl (C=O) groups excluding carboxylic acids is 1. The topological polar surface area (TPSA) is 84.5 Å². The van der Waals surface area contributed by atoms with Crippen molar-refractivity contribution in [2.45, 2.75) is 30.6 Å². The van der Waals surface area contributed by atoms with E-state index in [0.717, 1.165) is 25.7 Å². The van der Waals surface area contributed by atoms with Gasteiger partial charge in [-0.2, -0.15) is 0 Å². The smallest absolute Gasteiger partial charge is 0.262 e. The summed E-state index contributed by atoms with van der Waals surface area (Å²) in [7, 11) is -2.50. The van der Waals surface area contributed by atoms with E-state index in [1.165, 1.54) is 31.4 Å². The molecule has 0 heterocycles. The lowest BCUT2D eigenvalue weighted by Gasteiger charge is -2.15. The van der Waals surface area contributed by atoms with Crippen LogP contribution in [0.2, 0.25) is 10.0 Å². The number of halogens is 2. The molecule has 1 amide bonds. The maximum atomic E-state index is 12.7. The Morgan fingerprint density at radius 1 is 1.07 bits per heavy atom. The molecule has 2 aromatic rings. The molecule has 1 aliphatic carbocycles. The van der Waals surface area contributed by atoms with Crippen LogP contribution in [0, 0.1) is 5.92 Å². The van der Waals surface area contributed by atoms with Crippen molar-refractivity contribution in [1.82, 2.24) is 0 Å². The average molecular weight is 443 g/mol. The van der Waals surface area contributed by atoms with E-state index in [0.29, 0.717) is 11.4 Å². The lowest BCUT2D eigenvalue weighted by molar-refractivity contribution is -0.119. The number of carbonyl (C=O) groups is 1. The van der Waals surface area contributed by atoms with Crippen molar-refractivity contribution in [1.29, 1.82) is 0 Å². The van der Waals surface area contributed by atoms with Gasteiger partial charge < -0.3 is 10.1 Å². The highest BCUT2D eigenvalue weighted by molar-refractivity contribution is 7.92. The van der Waals surface area contributed by atoms with Crippen molar-refractivity contribution < 1.29 is 17.9 Å². The summed E-state index contributed by atoms with van der Waals surface area (Å²) in [5.74, 6) is 0.266. The second kappa shape index (κ2) is 8.59. The van der Waals surface area contributed by atoms with Crippen LogP contribution in [-0.2, 0) is 14.8 Å². The first-order chi connectivity index (χ1) is 13.3. The third-order valence-electron chi connectivity index (χ3n) is 4.64. The van der Waals surface area contributed by atoms with Gasteiger partial charge in [-0.15, -0.1) is 0 Å². The Labute approximate surface area is 174 Å². The lowest BCUT2D eigenvalue weighted by Crippen LogP contribution is -2.20. The summed E-state index contributed by atoms with van der Waals surface area (Å²) in [5, 5.41) is 3.24. The Hall–Kier alpha value is -1.96. The quantitative estimate of drug-likeness (QED) is 0.663. The Balaban J connectivity index is 1.85. The van der Waals surface area contributed by atoms with Gasteiger partial charge in [0, 0.05) is 11.6 Å². The first kappa shape index (κ1) is 20.8. The SMILES string of the molecule is COc1ccc(NC(=O)C2CCCC2)cc1NS(=O)(=O)c1ccc(Cl)c(Cl)c1. The minimum atomic E-state index is -3.93. The summed E-state index contributed by atoms with van der Waals surface area (Å²) in [4.78, 5) is 12.3. The molecule has 0 spiro atoms. The summed E-state index contributed by atoms with van der Waals surface area (Å²) < 4.78 is 33.2. The number of benzene rings is 2. The molecule has 9 heteroatoms. The van der Waals surface area contributed by atoms with Crippen molar-refractivity contribution >= 4 is 50.5 Å². The monoisotopic (exact) mass is 442 g/mol. The highest BCUT2D eigenvalue weighted by Crippen LogP contribution is 2.32. The minimum Gasteiger partial charge on any atom is -0.495 e. The van der Waals surface area contributed by atoms with E-state index < -0.39 is 10.0 Å². The molecule has 0 saturated heterocycles. The molecule has 2 N–H and O–H groups in total. The maximum absolute atomic E-state index is 12.7. The lowest BCUT2D eigenvalue weighted by atomic mass is 10.1. The van der Waals surface area contributed by atoms with Gasteiger partial charge in [-0.3, -0.25) is 9.52 Å². The Kier molecular flexibility index (Phi) is 6.37. The van der Waals surface area contributed by atoms with Crippen LogP contribution in [0.1, 0.15) is 25.7 Å². The van der Waals surface area contributed by atoms with Crippen molar-refractivity contribution in [3.05, 3.63) is 46.4 Å². The van der Waals surface area contributed by atoms with Crippen LogP contribution in [0.4, 0.5) is 11.4 Å². The molecule has 0 atom stereocenters. The standard InChI is InChI=1S/C19H20Cl2N2O4S/c1-27-18-9-6-13(22-19(24)12-4-2-3-5-12)10-17(18)23-28(25,26)14-7-8-15(20)16(21)11-14/h6-12,23H,2-5H2,1H3,(H,22,24). The molecule has 1 aliphatic rings. The van der Waals surface area contributed by atoms with Gasteiger partial charge in [-0.25, -0.2) is 8.42 Å². The number of hydrogen-bond acceptors (Lipinski definition) is 4. The number of amides is 1. The van der Waals surface area contributed by atoms with Crippen LogP contribution in [0.25, 0.3) is 0 Å². The summed E-state index contributed by atoms with van der Waals surface area (Å²) >= 11 is 11.8. The number of ether oxygens (including phenoxy) is 1. The zero-order valence-electron chi connectivity index (χ0n) is 15.2. The molecule has 2 aromatic carbocycles. The van der Waals surface area contributed by atoms with Crippen LogP contribution in [-0.4, -0.2) is 21.4 Å². The summed E-state index contributed by atoms with van der Waals surface area (Å²) in [5.41, 5.74) is 0.697. The summed E-state index contributed by atoms with van der Waals surface area (Å²) in [6.07, 6.45) is 3.85. The molecular weight excluding hydrogens is 423 g/mol. The highest BCUT2D eigenvalue weighted by Gasteiger charge is 2.23. The Morgan fingerprint density at radius 2 is 1.79 bits per heavy atom. The second-order valence-electron chi connectivity index (χ2n) is 6.57. The molecule has 6 nitrogen and oxygen atoms in total. The third-order valence-corrected chi connectivity index (χ3v) is 6.74. The van der Waals surface area contributed by atoms with E-state index in [1.54, 1.807) is 12.1 Å². The van der Waals surface area contributed by atoms with Gasteiger partial charge in [0.1, 0.15) is 5.75 Å². The first-order valence-electron chi connectivity index (χ1n) is 8.77. The van der Waals surface area contributed by atoms with E-state index in [2.05, 4.69) is 10.0 Å². The fourth-order valence-electron chi connectivity index (χ4n) is 3.15. The first-order valence-corrected chi connectivity index (χ1v) is 11.0. The van der Waals surface area contributed by atoms with Crippen LogP contribution in [0.3, 0.4) is 0 Å². The molecule has 1 saturated carbocycles. The Bertz CT molecular complexity index is 989. The maximum Gasteiger partial charge on any atom is 0.262 e. The zero-order chi connectivity index (χ0) is 20.3. The van der Waals surface area contributed by atoms with E-state index in [4.69, 9.17) is 27.9 Å². The van der Waals surface area contributed by atoms with Gasteiger partial charge in [0.15, 0.2) is 0 Å². The molecule has 150 valence electrons. The van der Waals surface area contributed by atoms with Crippen LogP contribution in [0.15, 0.2) is 41.3 Å². The normalized spacial score (nSPS) is 14.7. The number of nitrogens with one attached hydrogen (secondary N) is 2. The molecule has 0 bridgehead atoms. The molecule has 0 aliphatic heterocycles. The molecule has 3 rings (SSSR count). The van der Waals surface area contributed by atoms with Crippen LogP contribution >= 0.6 is 23.2 Å². The number of methoxy groups -OCH3 is 1. The van der Waals surface area contributed by atoms with Crippen LogP contribution < -0.4 is 14.8 Å². The number of sulfonamides is 1. The molecular formula is C19H20Cl2N2O4S. The van der Waals surface area contributed by atoms with Gasteiger partial charge in [0.05, 0.1) is 27.7 Å². The van der Waals surface area contributed by atoms with Gasteiger partial charge in [0.25, 0.3) is 10.0 Å². The molecule has 0 unspecified atom stereocenters. The van der Waals surface area contributed by atoms with Gasteiger partial charge in [-0.1, -0.05) is 36.0 Å². The highest BCUT2D eigenvalue weighted by atomic mass is 35.5. The largest absolute Gasteiger partial charge is 0.495 e. The third kappa shape index (κ3) is 4.71. The molecule has 0 radical (unpaired) electrons. The predicted molar refractivity (Wildman–Crippen MR) is 111 cm³/mol. The van der Waals surface area contributed by atoms with Crippen molar-refractivity contribution in [2.75, 3.05) is 17.1 Å². The van der Waals surface area contributed by atoms with Crippen molar-refractivity contribution in [3.63, 3.8) is 0 Å². The van der Waals surface area contributed by atoms with Gasteiger partial charge in [0.2, 0.25) is 5.91 Å². The predicted octanol–water partition coefficient (Wildman–Crippen LogP) is 4.93. The zero-order valence-corrected chi connectivity index (χ0v) is 17.5. The fourth-order valence-corrected chi connectivity index (χ4v) is 4.60. The second-order valence-corrected chi connectivity index (χ2v) is 9.06. The average Bonchev–Trinajstić information content (AvgIpc) is 3.19. The molecule has 1 fully saturated rings. The van der Waals surface area contributed by atoms with Crippen molar-refractivity contribution in [2.24, 2.45) is 5.92 Å². The fraction of sp³-hybridized carbons (Fsp3) is 0.316. The summed E-state index contributed by atoms with van der Waals surface area (Å²) in [6, 6.07) is 8.83. The van der Waals surface area contributed by atoms with Crippen LogP contribution in [0.5, 0.6) is 5.75 Å². The molecule has 28 heavy (non-hydrogen) atoms. The number of rotatable bonds is 6. The van der Waals surface area contributed by atoms with E-state index in [1.807, 2.05) is 0 Å². The molecule has 0 aromatic heterocycles. The summed E-state index contributed by atoms with van der Waals surface area (Å²) in [6.45, 7) is 0. The van der Waals surface area contributed by atoms with E-state index in [-0.39, 0.29) is 32.5 Å². The van der Waals surface area contributed by atoms with E-state index in [9.17, 15) is 13.2 Å². The number of hydrogen-bond donors (Lipinski definition) is 2. The van der Waals surface area contributed by atoms with Gasteiger partial charge in [-0.05, 0) is 49.2 Å². The van der Waals surface area contributed by atoms with Gasteiger partial charge >= 0.3 is 0 Å². The Morgan fingerprint density at radius 3 is 2.43 bits per heavy atom. The van der Waals surface area contributed by atoms with Crippen molar-refractivity contribution in [3.8, 4) is 5.75 Å². The van der Waals surface area contributed by atoms with E-state index >= 15 is 0 Å². The number of anilines is 2. The minimum absolute atomic E-state index is 0.00143.